The van der Waals surface area contributed by atoms with Gasteiger partial charge in [-0.2, -0.15) is 0 Å². The number of carbonyl (C=O) groups is 1. The Bertz CT molecular complexity index is 782. The van der Waals surface area contributed by atoms with Crippen LogP contribution in [0.1, 0.15) is 14.8 Å². The molecule has 3 rings (SSSR count). The fraction of sp³-hybridized carbons (Fsp3) is 0.235. The maximum atomic E-state index is 11.9. The summed E-state index contributed by atoms with van der Waals surface area (Å²) < 4.78 is -1.76. The van der Waals surface area contributed by atoms with Crippen molar-refractivity contribution in [1.82, 2.24) is 0 Å². The Morgan fingerprint density at radius 1 is 1.08 bits per heavy atom. The van der Waals surface area contributed by atoms with Crippen molar-refractivity contribution >= 4 is 28.9 Å². The van der Waals surface area contributed by atoms with E-state index in [2.05, 4.69) is 0 Å². The predicted octanol–water partition coefficient (Wildman–Crippen LogP) is 3.54. The average molecular weight is 461 g/mol. The third kappa shape index (κ3) is 2.40. The van der Waals surface area contributed by atoms with Gasteiger partial charge in [0, 0.05) is 0 Å². The number of halogens is 2. The Morgan fingerprint density at radius 3 is 1.88 bits per heavy atom. The van der Waals surface area contributed by atoms with Crippen LogP contribution in [0.4, 0.5) is 0 Å². The molecule has 0 heterocycles. The normalized spacial score (nSPS) is 17.0. The first-order valence-electron chi connectivity index (χ1n) is 7.92. The number of hydrogen-bond donors (Lipinski definition) is 2. The number of carbonyl (C=O) groups excluding carboxylic acids is 1. The molecule has 0 radical (unpaired) electrons. The van der Waals surface area contributed by atoms with Crippen molar-refractivity contribution in [2.75, 3.05) is 0 Å². The van der Waals surface area contributed by atoms with Gasteiger partial charge in [-0.15, -0.1) is 0 Å². The topological polar surface area (TPSA) is 63.3 Å². The van der Waals surface area contributed by atoms with Crippen molar-refractivity contribution in [1.29, 1.82) is 0 Å². The molecular formula is C17H20Cl2NO2SiZr. The van der Waals surface area contributed by atoms with Gasteiger partial charge in [0.05, 0.1) is 0 Å². The van der Waals surface area contributed by atoms with Crippen molar-refractivity contribution in [2.45, 2.75) is 20.5 Å². The number of rotatable bonds is 4. The van der Waals surface area contributed by atoms with E-state index >= 15 is 0 Å². The third-order valence-corrected chi connectivity index (χ3v) is 55.6. The molecule has 2 aromatic carbocycles. The number of fused-ring (bicyclic) bond motifs is 3. The number of hydrogen-bond acceptors (Lipinski definition) is 2. The summed E-state index contributed by atoms with van der Waals surface area (Å²) in [7, 11) is 14.4. The number of amides is 1. The predicted molar refractivity (Wildman–Crippen MR) is 99.5 cm³/mol. The zero-order valence-corrected chi connectivity index (χ0v) is 18.7. The van der Waals surface area contributed by atoms with Gasteiger partial charge in [-0.05, 0) is 0 Å². The summed E-state index contributed by atoms with van der Waals surface area (Å²) in [6.07, 6.45) is 0. The Balaban J connectivity index is 2.36. The van der Waals surface area contributed by atoms with Crippen LogP contribution in [0.15, 0.2) is 48.5 Å². The summed E-state index contributed by atoms with van der Waals surface area (Å²) in [5.41, 5.74) is 9.64. The molecule has 1 atom stereocenters. The van der Waals surface area contributed by atoms with Crippen molar-refractivity contribution in [3.05, 3.63) is 59.7 Å². The SMILES string of the molecule is C[SiH](C)[Zr]([Cl])([Cl])([CH](O)C(N)=O)[CH]1c2ccccc2-c2ccccc21. The van der Waals surface area contributed by atoms with Crippen LogP contribution in [0.25, 0.3) is 11.1 Å². The van der Waals surface area contributed by atoms with Gasteiger partial charge in [0.2, 0.25) is 0 Å². The molecular weight excluding hydrogens is 440 g/mol. The van der Waals surface area contributed by atoms with Gasteiger partial charge in [0.15, 0.2) is 0 Å². The van der Waals surface area contributed by atoms with E-state index in [0.29, 0.717) is 0 Å². The average Bonchev–Trinajstić information content (AvgIpc) is 2.89. The van der Waals surface area contributed by atoms with Gasteiger partial charge < -0.3 is 0 Å². The molecule has 2 aromatic rings. The molecule has 127 valence electrons. The van der Waals surface area contributed by atoms with Gasteiger partial charge in [-0.1, -0.05) is 0 Å². The van der Waals surface area contributed by atoms with Gasteiger partial charge in [0.25, 0.3) is 0 Å². The van der Waals surface area contributed by atoms with Crippen molar-refractivity contribution < 1.29 is 25.5 Å². The molecule has 0 spiro atoms. The van der Waals surface area contributed by atoms with E-state index in [-0.39, 0.29) is 3.63 Å². The minimum atomic E-state index is -5.01. The second kappa shape index (κ2) is 6.07. The van der Waals surface area contributed by atoms with E-state index in [4.69, 9.17) is 22.8 Å². The molecule has 0 saturated carbocycles. The molecule has 1 unspecified atom stereocenters. The molecule has 0 bridgehead atoms. The molecule has 0 aromatic heterocycles. The Kier molecular flexibility index (Phi) is 4.64. The van der Waals surface area contributed by atoms with Crippen molar-refractivity contribution in [3.63, 3.8) is 0 Å². The van der Waals surface area contributed by atoms with Crippen LogP contribution in [-0.2, 0) is 20.4 Å². The van der Waals surface area contributed by atoms with E-state index in [0.717, 1.165) is 22.3 Å². The van der Waals surface area contributed by atoms with Crippen LogP contribution in [0, 0.1) is 0 Å². The Hall–Kier alpha value is -0.450. The first-order chi connectivity index (χ1) is 11.2. The van der Waals surface area contributed by atoms with E-state index < -0.39 is 31.2 Å². The summed E-state index contributed by atoms with van der Waals surface area (Å²) in [5, 5.41) is 10.8. The summed E-state index contributed by atoms with van der Waals surface area (Å²) in [6.45, 7) is 4.03. The van der Waals surface area contributed by atoms with Crippen LogP contribution in [0.5, 0.6) is 0 Å². The van der Waals surface area contributed by atoms with Crippen molar-refractivity contribution in [3.8, 4) is 11.1 Å². The quantitative estimate of drug-likeness (QED) is 0.686. The maximum absolute atomic E-state index is 11.9. The fourth-order valence-corrected chi connectivity index (χ4v) is 28.1. The summed E-state index contributed by atoms with van der Waals surface area (Å²) >= 11 is -5.01. The van der Waals surface area contributed by atoms with E-state index in [1.807, 2.05) is 61.6 Å². The number of nitrogens with two attached hydrogens (primary N) is 1. The molecule has 3 N–H and O–H groups in total. The third-order valence-electron chi connectivity index (χ3n) is 5.28. The monoisotopic (exact) mass is 458 g/mol. The number of aliphatic hydroxyl groups excluding tert-OH is 1. The minimum absolute atomic E-state index is 0.309. The van der Waals surface area contributed by atoms with Crippen molar-refractivity contribution in [2.24, 2.45) is 5.73 Å². The molecule has 1 amide bonds. The molecule has 7 heteroatoms. The number of primary amides is 1. The van der Waals surface area contributed by atoms with Crippen LogP contribution >= 0.6 is 17.0 Å². The molecule has 1 aliphatic rings. The first kappa shape index (κ1) is 18.3. The fourth-order valence-electron chi connectivity index (χ4n) is 3.83. The second-order valence-electron chi connectivity index (χ2n) is 6.79. The summed E-state index contributed by atoms with van der Waals surface area (Å²) in [4.78, 5) is 11.9. The van der Waals surface area contributed by atoms with Gasteiger partial charge in [-0.25, -0.2) is 0 Å². The van der Waals surface area contributed by atoms with E-state index in [1.54, 1.807) is 0 Å². The van der Waals surface area contributed by atoms with Gasteiger partial charge >= 0.3 is 151 Å². The first-order valence-corrected chi connectivity index (χ1v) is 24.2. The summed E-state index contributed by atoms with van der Waals surface area (Å²) in [5.74, 6) is -2.62. The van der Waals surface area contributed by atoms with Crippen LogP contribution in [0.3, 0.4) is 0 Å². The van der Waals surface area contributed by atoms with E-state index in [9.17, 15) is 9.90 Å². The molecule has 3 nitrogen and oxygen atoms in total. The zero-order chi connectivity index (χ0) is 17.7. The molecule has 0 aliphatic heterocycles. The number of aliphatic hydroxyl groups is 1. The van der Waals surface area contributed by atoms with E-state index in [1.165, 1.54) is 0 Å². The molecule has 24 heavy (non-hydrogen) atoms. The second-order valence-corrected chi connectivity index (χ2v) is 49.2. The van der Waals surface area contributed by atoms with Gasteiger partial charge in [-0.3, -0.25) is 0 Å². The number of benzene rings is 2. The Morgan fingerprint density at radius 2 is 1.50 bits per heavy atom. The molecule has 0 saturated heterocycles. The molecule has 1 aliphatic carbocycles. The zero-order valence-electron chi connectivity index (χ0n) is 13.5. The standard InChI is InChI=1S/C13H9.C2H4NO2.C2H7Si.2ClH.Zr/c1-3-7-12-10(5-1)9-11-6-2-4-8-13(11)12;3-2(5)1-4;1-3-2;;;/h1-9H;1,4H,(H2,3,5);3H,1-2H3;2*1H;/q;;;;;+2/p-2. The van der Waals surface area contributed by atoms with Crippen LogP contribution in [-0.4, -0.2) is 20.7 Å². The van der Waals surface area contributed by atoms with Crippen LogP contribution in [0.2, 0.25) is 13.1 Å². The molecule has 0 fully saturated rings. The van der Waals surface area contributed by atoms with Crippen LogP contribution < -0.4 is 5.73 Å². The summed E-state index contributed by atoms with van der Waals surface area (Å²) in [6, 6.07) is 15.9. The Labute approximate surface area is 150 Å². The van der Waals surface area contributed by atoms with Gasteiger partial charge in [0.1, 0.15) is 0 Å².